The van der Waals surface area contributed by atoms with Crippen molar-refractivity contribution in [3.63, 3.8) is 0 Å². The van der Waals surface area contributed by atoms with E-state index >= 15 is 0 Å². The predicted octanol–water partition coefficient (Wildman–Crippen LogP) is 2.48. The van der Waals surface area contributed by atoms with E-state index < -0.39 is 5.91 Å². The topological polar surface area (TPSA) is 93.1 Å². The lowest BCUT2D eigenvalue weighted by atomic mass is 10.2. The van der Waals surface area contributed by atoms with Gasteiger partial charge in [0.2, 0.25) is 5.91 Å². The molecular formula is C18H21BrN4O3. The zero-order chi connectivity index (χ0) is 19.1. The highest BCUT2D eigenvalue weighted by molar-refractivity contribution is 9.10. The lowest BCUT2D eigenvalue weighted by Gasteiger charge is -2.10. The van der Waals surface area contributed by atoms with E-state index in [1.807, 2.05) is 26.0 Å². The number of rotatable bonds is 7. The Balaban J connectivity index is 1.95. The number of aryl methyl sites for hydroxylation is 2. The summed E-state index contributed by atoms with van der Waals surface area (Å²) in [5, 5.41) is 9.31. The van der Waals surface area contributed by atoms with Gasteiger partial charge in [-0.05, 0) is 43.2 Å². The Morgan fingerprint density at radius 2 is 2.00 bits per heavy atom. The van der Waals surface area contributed by atoms with Crippen LogP contribution in [0.4, 0.5) is 5.69 Å². The van der Waals surface area contributed by atoms with Gasteiger partial charge < -0.3 is 10.6 Å². The van der Waals surface area contributed by atoms with Crippen molar-refractivity contribution in [2.24, 2.45) is 0 Å². The number of nitrogens with one attached hydrogen (secondary N) is 2. The molecule has 0 saturated heterocycles. The van der Waals surface area contributed by atoms with Crippen molar-refractivity contribution in [3.8, 4) is 0 Å². The molecule has 2 rings (SSSR count). The van der Waals surface area contributed by atoms with Gasteiger partial charge >= 0.3 is 0 Å². The number of carbonyl (C=O) groups excluding carboxylic acids is 2. The molecule has 1 aromatic carbocycles. The van der Waals surface area contributed by atoms with E-state index in [2.05, 4.69) is 31.7 Å². The van der Waals surface area contributed by atoms with Gasteiger partial charge in [-0.1, -0.05) is 29.3 Å². The molecule has 2 aromatic rings. The molecule has 26 heavy (non-hydrogen) atoms. The molecule has 1 heterocycles. The van der Waals surface area contributed by atoms with Crippen LogP contribution in [-0.4, -0.2) is 28.1 Å². The van der Waals surface area contributed by atoms with Crippen LogP contribution in [0.1, 0.15) is 35.8 Å². The average Bonchev–Trinajstić information content (AvgIpc) is 2.61. The fourth-order valence-corrected chi connectivity index (χ4v) is 2.73. The number of anilines is 1. The van der Waals surface area contributed by atoms with Crippen LogP contribution in [-0.2, 0) is 11.3 Å². The number of hydrogen-bond acceptors (Lipinski definition) is 4. The monoisotopic (exact) mass is 420 g/mol. The zero-order valence-corrected chi connectivity index (χ0v) is 16.3. The highest BCUT2D eigenvalue weighted by atomic mass is 79.9. The van der Waals surface area contributed by atoms with E-state index in [0.29, 0.717) is 12.2 Å². The van der Waals surface area contributed by atoms with Crippen molar-refractivity contribution in [3.05, 3.63) is 56.4 Å². The number of amides is 2. The molecule has 8 heteroatoms. The highest BCUT2D eigenvalue weighted by Gasteiger charge is 2.12. The Labute approximate surface area is 159 Å². The first-order valence-corrected chi connectivity index (χ1v) is 9.12. The summed E-state index contributed by atoms with van der Waals surface area (Å²) >= 11 is 3.36. The third kappa shape index (κ3) is 5.52. The van der Waals surface area contributed by atoms with Crippen LogP contribution in [0.25, 0.3) is 0 Å². The van der Waals surface area contributed by atoms with Crippen LogP contribution < -0.4 is 16.2 Å². The molecule has 0 aliphatic heterocycles. The van der Waals surface area contributed by atoms with Crippen molar-refractivity contribution in [1.29, 1.82) is 0 Å². The molecule has 2 N–H and O–H groups in total. The SMILES string of the molecule is CCCCn1nc(C(=O)NCC(=O)Nc2ccc(Br)cc2C)ccc1=O. The van der Waals surface area contributed by atoms with Crippen LogP contribution in [0.5, 0.6) is 0 Å². The number of nitrogens with zero attached hydrogens (tertiary/aromatic N) is 2. The molecule has 0 radical (unpaired) electrons. The van der Waals surface area contributed by atoms with Crippen molar-refractivity contribution in [2.45, 2.75) is 33.2 Å². The normalized spacial score (nSPS) is 10.4. The van der Waals surface area contributed by atoms with Crippen LogP contribution in [0.15, 0.2) is 39.6 Å². The highest BCUT2D eigenvalue weighted by Crippen LogP contribution is 2.19. The third-order valence-corrected chi connectivity index (χ3v) is 4.19. The Hall–Kier alpha value is -2.48. The second-order valence-electron chi connectivity index (χ2n) is 5.82. The molecule has 138 valence electrons. The molecule has 7 nitrogen and oxygen atoms in total. The summed E-state index contributed by atoms with van der Waals surface area (Å²) in [5.74, 6) is -0.846. The maximum absolute atomic E-state index is 12.2. The fourth-order valence-electron chi connectivity index (χ4n) is 2.25. The molecule has 0 atom stereocenters. The van der Waals surface area contributed by atoms with Gasteiger partial charge in [0.1, 0.15) is 5.69 Å². The minimum Gasteiger partial charge on any atom is -0.342 e. The maximum atomic E-state index is 12.2. The van der Waals surface area contributed by atoms with Gasteiger partial charge in [0.25, 0.3) is 11.5 Å². The molecule has 0 aliphatic carbocycles. The van der Waals surface area contributed by atoms with E-state index in [0.717, 1.165) is 22.9 Å². The van der Waals surface area contributed by atoms with Gasteiger partial charge in [-0.3, -0.25) is 14.4 Å². The number of carbonyl (C=O) groups is 2. The average molecular weight is 421 g/mol. The first-order chi connectivity index (χ1) is 12.4. The van der Waals surface area contributed by atoms with E-state index in [1.165, 1.54) is 16.8 Å². The molecule has 0 fully saturated rings. The smallest absolute Gasteiger partial charge is 0.272 e. The summed E-state index contributed by atoms with van der Waals surface area (Å²) in [4.78, 5) is 35.9. The van der Waals surface area contributed by atoms with Gasteiger partial charge in [0, 0.05) is 22.8 Å². The molecule has 2 amide bonds. The Bertz CT molecular complexity index is 864. The number of benzene rings is 1. The second-order valence-corrected chi connectivity index (χ2v) is 6.74. The van der Waals surface area contributed by atoms with Gasteiger partial charge in [-0.15, -0.1) is 0 Å². The molecule has 0 aliphatic rings. The van der Waals surface area contributed by atoms with Crippen molar-refractivity contribution in [2.75, 3.05) is 11.9 Å². The number of aromatic nitrogens is 2. The first-order valence-electron chi connectivity index (χ1n) is 8.33. The Morgan fingerprint density at radius 1 is 1.23 bits per heavy atom. The van der Waals surface area contributed by atoms with Crippen molar-refractivity contribution < 1.29 is 9.59 Å². The van der Waals surface area contributed by atoms with Crippen molar-refractivity contribution >= 4 is 33.4 Å². The minimum atomic E-state index is -0.502. The molecule has 0 saturated carbocycles. The lowest BCUT2D eigenvalue weighted by Crippen LogP contribution is -2.35. The minimum absolute atomic E-state index is 0.105. The third-order valence-electron chi connectivity index (χ3n) is 3.69. The molecule has 0 spiro atoms. The van der Waals surface area contributed by atoms with Crippen LogP contribution in [0.2, 0.25) is 0 Å². The van der Waals surface area contributed by atoms with Crippen LogP contribution in [0.3, 0.4) is 0 Å². The summed E-state index contributed by atoms with van der Waals surface area (Å²) in [6.07, 6.45) is 1.72. The summed E-state index contributed by atoms with van der Waals surface area (Å²) in [6.45, 7) is 4.15. The van der Waals surface area contributed by atoms with Gasteiger partial charge in [-0.25, -0.2) is 4.68 Å². The standard InChI is InChI=1S/C18H21BrN4O3/c1-3-4-9-23-17(25)8-7-15(22-23)18(26)20-11-16(24)21-14-6-5-13(19)10-12(14)2/h5-8,10H,3-4,9,11H2,1-2H3,(H,20,26)(H,21,24). The quantitative estimate of drug-likeness (QED) is 0.719. The maximum Gasteiger partial charge on any atom is 0.272 e. The van der Waals surface area contributed by atoms with Crippen molar-refractivity contribution in [1.82, 2.24) is 15.1 Å². The largest absolute Gasteiger partial charge is 0.342 e. The number of unbranched alkanes of at least 4 members (excludes halogenated alkanes) is 1. The summed E-state index contributed by atoms with van der Waals surface area (Å²) in [7, 11) is 0. The summed E-state index contributed by atoms with van der Waals surface area (Å²) in [6, 6.07) is 8.16. The molecular weight excluding hydrogens is 400 g/mol. The van der Waals surface area contributed by atoms with Gasteiger partial charge in [-0.2, -0.15) is 5.10 Å². The molecule has 1 aromatic heterocycles. The molecule has 0 unspecified atom stereocenters. The van der Waals surface area contributed by atoms with E-state index in [4.69, 9.17) is 0 Å². The zero-order valence-electron chi connectivity index (χ0n) is 14.7. The van der Waals surface area contributed by atoms with E-state index in [1.54, 1.807) is 6.07 Å². The van der Waals surface area contributed by atoms with E-state index in [-0.39, 0.29) is 23.7 Å². The molecule has 0 bridgehead atoms. The van der Waals surface area contributed by atoms with E-state index in [9.17, 15) is 14.4 Å². The van der Waals surface area contributed by atoms with Crippen LogP contribution in [0, 0.1) is 6.92 Å². The van der Waals surface area contributed by atoms with Crippen LogP contribution >= 0.6 is 15.9 Å². The number of hydrogen-bond donors (Lipinski definition) is 2. The summed E-state index contributed by atoms with van der Waals surface area (Å²) < 4.78 is 2.19. The Kier molecular flexibility index (Phi) is 7.08. The summed E-state index contributed by atoms with van der Waals surface area (Å²) in [5.41, 5.74) is 1.44. The fraction of sp³-hybridized carbons (Fsp3) is 0.333. The second kappa shape index (κ2) is 9.28. The predicted molar refractivity (Wildman–Crippen MR) is 103 cm³/mol. The van der Waals surface area contributed by atoms with Gasteiger partial charge in [0.05, 0.1) is 6.54 Å². The first kappa shape index (κ1) is 19.8. The van der Waals surface area contributed by atoms with Gasteiger partial charge in [0.15, 0.2) is 0 Å². The number of halogens is 1. The Morgan fingerprint density at radius 3 is 2.69 bits per heavy atom. The lowest BCUT2D eigenvalue weighted by molar-refractivity contribution is -0.115.